The fourth-order valence-electron chi connectivity index (χ4n) is 0.921. The van der Waals surface area contributed by atoms with Gasteiger partial charge in [-0.3, -0.25) is 4.79 Å². The van der Waals surface area contributed by atoms with Gasteiger partial charge in [0.15, 0.2) is 0 Å². The van der Waals surface area contributed by atoms with E-state index in [9.17, 15) is 4.79 Å². The van der Waals surface area contributed by atoms with Gasteiger partial charge in [-0.15, -0.1) is 0 Å². The first kappa shape index (κ1) is 12.4. The van der Waals surface area contributed by atoms with E-state index in [4.69, 9.17) is 5.11 Å². The highest BCUT2D eigenvalue weighted by Gasteiger charge is 2.15. The summed E-state index contributed by atoms with van der Waals surface area (Å²) in [6, 6.07) is -0.223. The van der Waals surface area contributed by atoms with Crippen LogP contribution in [0.3, 0.4) is 0 Å². The highest BCUT2D eigenvalue weighted by Crippen LogP contribution is 1.91. The second-order valence-electron chi connectivity index (χ2n) is 3.33. The Balaban J connectivity index is 3.82. The normalized spacial score (nSPS) is 15.2. The number of amides is 1. The summed E-state index contributed by atoms with van der Waals surface area (Å²) in [6.07, 6.45) is -0.415. The summed E-state index contributed by atoms with van der Waals surface area (Å²) in [6.45, 7) is 6.58. The lowest BCUT2D eigenvalue weighted by Crippen LogP contribution is -2.45. The molecule has 0 aromatic rings. The number of aliphatic hydroxyl groups is 1. The molecule has 0 fully saturated rings. The Hall–Kier alpha value is -0.610. The molecule has 1 amide bonds. The molecular formula is C9H20N2O2. The van der Waals surface area contributed by atoms with Crippen LogP contribution in [0.2, 0.25) is 0 Å². The molecule has 0 aromatic carbocycles. The van der Waals surface area contributed by atoms with Crippen LogP contribution in [0, 0.1) is 0 Å². The van der Waals surface area contributed by atoms with E-state index in [1.165, 1.54) is 0 Å². The van der Waals surface area contributed by atoms with Crippen LogP contribution < -0.4 is 5.32 Å². The summed E-state index contributed by atoms with van der Waals surface area (Å²) in [5, 5.41) is 11.9. The molecule has 0 bridgehead atoms. The number of likely N-dealkylation sites (N-methyl/N-ethyl adjacent to an activating group) is 1. The average Bonchev–Trinajstić information content (AvgIpc) is 2.11. The molecule has 0 saturated carbocycles. The predicted octanol–water partition coefficient (Wildman–Crippen LogP) is -0.176. The number of nitrogens with one attached hydrogen (secondary N) is 1. The Labute approximate surface area is 79.9 Å². The van der Waals surface area contributed by atoms with Crippen molar-refractivity contribution < 1.29 is 9.90 Å². The first-order valence-corrected chi connectivity index (χ1v) is 4.65. The molecule has 0 aliphatic carbocycles. The number of hydrogen-bond acceptors (Lipinski definition) is 3. The van der Waals surface area contributed by atoms with Crippen molar-refractivity contribution in [1.82, 2.24) is 10.2 Å². The number of carbonyl (C=O) groups is 1. The van der Waals surface area contributed by atoms with Gasteiger partial charge in [-0.05, 0) is 20.8 Å². The lowest BCUT2D eigenvalue weighted by molar-refractivity contribution is -0.131. The molecule has 0 aliphatic heterocycles. The lowest BCUT2D eigenvalue weighted by atomic mass is 10.2. The standard InChI is InChI=1S/C9H20N2O2/c1-5-11(4)9(13)8(3)10-6-7(2)12/h7-8,10,12H,5-6H2,1-4H3. The zero-order valence-electron chi connectivity index (χ0n) is 8.87. The summed E-state index contributed by atoms with van der Waals surface area (Å²) in [7, 11) is 1.77. The van der Waals surface area contributed by atoms with Crippen LogP contribution in [0.5, 0.6) is 0 Å². The first-order chi connectivity index (χ1) is 5.99. The zero-order valence-corrected chi connectivity index (χ0v) is 8.87. The highest BCUT2D eigenvalue weighted by atomic mass is 16.3. The van der Waals surface area contributed by atoms with Crippen LogP contribution in [0.4, 0.5) is 0 Å². The number of nitrogens with zero attached hydrogens (tertiary/aromatic N) is 1. The molecule has 0 rings (SSSR count). The summed E-state index contributed by atoms with van der Waals surface area (Å²) in [5.41, 5.74) is 0. The van der Waals surface area contributed by atoms with E-state index in [0.29, 0.717) is 13.1 Å². The van der Waals surface area contributed by atoms with Crippen molar-refractivity contribution in [3.63, 3.8) is 0 Å². The lowest BCUT2D eigenvalue weighted by Gasteiger charge is -2.21. The fourth-order valence-corrected chi connectivity index (χ4v) is 0.921. The van der Waals surface area contributed by atoms with Gasteiger partial charge >= 0.3 is 0 Å². The smallest absolute Gasteiger partial charge is 0.239 e. The molecule has 4 nitrogen and oxygen atoms in total. The van der Waals surface area contributed by atoms with E-state index in [1.54, 1.807) is 25.8 Å². The van der Waals surface area contributed by atoms with Crippen LogP contribution in [-0.2, 0) is 4.79 Å². The van der Waals surface area contributed by atoms with Gasteiger partial charge in [0.05, 0.1) is 12.1 Å². The van der Waals surface area contributed by atoms with Crippen molar-refractivity contribution in [2.45, 2.75) is 32.9 Å². The molecule has 0 heterocycles. The molecule has 2 unspecified atom stereocenters. The summed E-state index contributed by atoms with van der Waals surface area (Å²) >= 11 is 0. The molecule has 13 heavy (non-hydrogen) atoms. The molecule has 2 N–H and O–H groups in total. The van der Waals surface area contributed by atoms with Gasteiger partial charge in [0.25, 0.3) is 0 Å². The minimum atomic E-state index is -0.415. The maximum absolute atomic E-state index is 11.5. The highest BCUT2D eigenvalue weighted by molar-refractivity contribution is 5.81. The Morgan fingerprint density at radius 3 is 2.46 bits per heavy atom. The maximum Gasteiger partial charge on any atom is 0.239 e. The van der Waals surface area contributed by atoms with Crippen molar-refractivity contribution in [2.75, 3.05) is 20.1 Å². The van der Waals surface area contributed by atoms with Gasteiger partial charge < -0.3 is 15.3 Å². The Morgan fingerprint density at radius 1 is 1.54 bits per heavy atom. The van der Waals surface area contributed by atoms with Crippen molar-refractivity contribution >= 4 is 5.91 Å². The monoisotopic (exact) mass is 188 g/mol. The average molecular weight is 188 g/mol. The Bertz CT molecular complexity index is 160. The molecule has 0 aromatic heterocycles. The number of carbonyl (C=O) groups excluding carboxylic acids is 1. The second-order valence-corrected chi connectivity index (χ2v) is 3.33. The van der Waals surface area contributed by atoms with E-state index >= 15 is 0 Å². The summed E-state index contributed by atoms with van der Waals surface area (Å²) in [5.74, 6) is 0.0585. The third-order valence-corrected chi connectivity index (χ3v) is 1.94. The molecule has 2 atom stereocenters. The summed E-state index contributed by atoms with van der Waals surface area (Å²) < 4.78 is 0. The van der Waals surface area contributed by atoms with Crippen molar-refractivity contribution in [3.8, 4) is 0 Å². The van der Waals surface area contributed by atoms with E-state index in [1.807, 2.05) is 6.92 Å². The SMILES string of the molecule is CCN(C)C(=O)C(C)NCC(C)O. The third-order valence-electron chi connectivity index (χ3n) is 1.94. The molecular weight excluding hydrogens is 168 g/mol. The van der Waals surface area contributed by atoms with Gasteiger partial charge in [-0.1, -0.05) is 0 Å². The number of aliphatic hydroxyl groups excluding tert-OH is 1. The molecule has 78 valence electrons. The topological polar surface area (TPSA) is 52.6 Å². The molecule has 0 radical (unpaired) electrons. The number of rotatable bonds is 5. The molecule has 0 spiro atoms. The Morgan fingerprint density at radius 2 is 2.08 bits per heavy atom. The minimum Gasteiger partial charge on any atom is -0.392 e. The van der Waals surface area contributed by atoms with E-state index in [2.05, 4.69) is 5.32 Å². The van der Waals surface area contributed by atoms with Crippen molar-refractivity contribution in [2.24, 2.45) is 0 Å². The van der Waals surface area contributed by atoms with Crippen LogP contribution in [0.1, 0.15) is 20.8 Å². The summed E-state index contributed by atoms with van der Waals surface area (Å²) in [4.78, 5) is 13.1. The Kier molecular flexibility index (Phi) is 5.66. The van der Waals surface area contributed by atoms with Crippen LogP contribution in [0.25, 0.3) is 0 Å². The molecule has 4 heteroatoms. The molecule has 0 aliphatic rings. The van der Waals surface area contributed by atoms with Gasteiger partial charge in [0.2, 0.25) is 5.91 Å². The van der Waals surface area contributed by atoms with Gasteiger partial charge in [-0.25, -0.2) is 0 Å². The van der Waals surface area contributed by atoms with Gasteiger partial charge in [-0.2, -0.15) is 0 Å². The quantitative estimate of drug-likeness (QED) is 0.629. The van der Waals surface area contributed by atoms with Crippen molar-refractivity contribution in [1.29, 1.82) is 0 Å². The largest absolute Gasteiger partial charge is 0.392 e. The molecule has 0 saturated heterocycles. The van der Waals surface area contributed by atoms with Crippen LogP contribution >= 0.6 is 0 Å². The van der Waals surface area contributed by atoms with E-state index in [0.717, 1.165) is 0 Å². The van der Waals surface area contributed by atoms with Gasteiger partial charge in [0, 0.05) is 20.1 Å². The zero-order chi connectivity index (χ0) is 10.4. The number of hydrogen-bond donors (Lipinski definition) is 2. The van der Waals surface area contributed by atoms with E-state index < -0.39 is 6.10 Å². The van der Waals surface area contributed by atoms with Gasteiger partial charge in [0.1, 0.15) is 0 Å². The minimum absolute atomic E-state index is 0.0585. The second kappa shape index (κ2) is 5.94. The predicted molar refractivity (Wildman–Crippen MR) is 52.5 cm³/mol. The van der Waals surface area contributed by atoms with Crippen LogP contribution in [-0.4, -0.2) is 48.2 Å². The van der Waals surface area contributed by atoms with E-state index in [-0.39, 0.29) is 11.9 Å². The third kappa shape index (κ3) is 4.85. The van der Waals surface area contributed by atoms with Crippen molar-refractivity contribution in [3.05, 3.63) is 0 Å². The fraction of sp³-hybridized carbons (Fsp3) is 0.889. The first-order valence-electron chi connectivity index (χ1n) is 4.65. The van der Waals surface area contributed by atoms with Crippen LogP contribution in [0.15, 0.2) is 0 Å². The maximum atomic E-state index is 11.5.